The first-order valence-corrected chi connectivity index (χ1v) is 8.54. The van der Waals surface area contributed by atoms with E-state index in [1.165, 1.54) is 30.2 Å². The first-order chi connectivity index (χ1) is 10.2. The molecule has 21 heavy (non-hydrogen) atoms. The second-order valence-corrected chi connectivity index (χ2v) is 6.53. The van der Waals surface area contributed by atoms with E-state index in [1.54, 1.807) is 0 Å². The zero-order valence-electron chi connectivity index (χ0n) is 13.2. The molecule has 0 amide bonds. The van der Waals surface area contributed by atoms with Gasteiger partial charge in [-0.25, -0.2) is 0 Å². The summed E-state index contributed by atoms with van der Waals surface area (Å²) < 4.78 is 1.83. The molecule has 0 atom stereocenters. The smallest absolute Gasteiger partial charge is 0.193 e. The average Bonchev–Trinajstić information content (AvgIpc) is 2.89. The van der Waals surface area contributed by atoms with Crippen LogP contribution in [0.5, 0.6) is 0 Å². The van der Waals surface area contributed by atoms with Gasteiger partial charge in [0.15, 0.2) is 5.96 Å². The molecule has 0 spiro atoms. The van der Waals surface area contributed by atoms with Gasteiger partial charge in [-0.15, -0.1) is 0 Å². The van der Waals surface area contributed by atoms with E-state index in [9.17, 15) is 0 Å². The summed E-state index contributed by atoms with van der Waals surface area (Å²) in [5, 5.41) is 7.64. The van der Waals surface area contributed by atoms with Crippen LogP contribution in [-0.2, 0) is 13.6 Å². The summed E-state index contributed by atoms with van der Waals surface area (Å²) in [6, 6.07) is 0. The monoisotopic (exact) mass is 310 g/mol. The van der Waals surface area contributed by atoms with Crippen molar-refractivity contribution in [2.45, 2.75) is 6.54 Å². The molecule has 1 N–H and O–H groups in total. The molecule has 0 bridgehead atoms. The van der Waals surface area contributed by atoms with Crippen molar-refractivity contribution in [1.29, 1.82) is 0 Å². The fourth-order valence-corrected chi connectivity index (χ4v) is 3.42. The molecule has 0 aromatic carbocycles. The van der Waals surface area contributed by atoms with E-state index < -0.39 is 0 Å². The number of aryl methyl sites for hydroxylation is 1. The highest BCUT2D eigenvalue weighted by Gasteiger charge is 2.11. The third-order valence-electron chi connectivity index (χ3n) is 3.57. The Morgan fingerprint density at radius 1 is 1.48 bits per heavy atom. The number of aromatic nitrogens is 2. The topological polar surface area (TPSA) is 48.7 Å². The number of thioether (sulfide) groups is 1. The molecule has 1 fully saturated rings. The van der Waals surface area contributed by atoms with Gasteiger partial charge in [0, 0.05) is 77.1 Å². The molecular weight excluding hydrogens is 284 g/mol. The second kappa shape index (κ2) is 8.29. The van der Waals surface area contributed by atoms with Crippen molar-refractivity contribution in [2.24, 2.45) is 12.0 Å². The zero-order valence-corrected chi connectivity index (χ0v) is 14.1. The second-order valence-electron chi connectivity index (χ2n) is 5.31. The van der Waals surface area contributed by atoms with Gasteiger partial charge in [-0.3, -0.25) is 14.6 Å². The number of nitrogens with one attached hydrogen (secondary N) is 1. The molecule has 1 saturated heterocycles. The lowest BCUT2D eigenvalue weighted by atomic mass is 10.3. The average molecular weight is 310 g/mol. The Bertz CT molecular complexity index is 452. The van der Waals surface area contributed by atoms with Crippen molar-refractivity contribution in [3.05, 3.63) is 18.0 Å². The van der Waals surface area contributed by atoms with Crippen molar-refractivity contribution in [2.75, 3.05) is 51.8 Å². The van der Waals surface area contributed by atoms with Gasteiger partial charge >= 0.3 is 0 Å². The van der Waals surface area contributed by atoms with Crippen LogP contribution in [-0.4, -0.2) is 77.3 Å². The van der Waals surface area contributed by atoms with Crippen LogP contribution in [0, 0.1) is 0 Å². The van der Waals surface area contributed by atoms with Crippen molar-refractivity contribution in [1.82, 2.24) is 24.9 Å². The SMILES string of the molecule is CN=C(NCCN1CCSCC1)N(C)Cc1cnn(C)c1. The molecule has 1 aliphatic rings. The third-order valence-corrected chi connectivity index (χ3v) is 4.51. The molecule has 1 aromatic rings. The Morgan fingerprint density at radius 2 is 2.24 bits per heavy atom. The fraction of sp³-hybridized carbons (Fsp3) is 0.714. The van der Waals surface area contributed by atoms with Gasteiger partial charge in [0.25, 0.3) is 0 Å². The van der Waals surface area contributed by atoms with Crippen molar-refractivity contribution < 1.29 is 0 Å². The van der Waals surface area contributed by atoms with Crippen LogP contribution in [0.1, 0.15) is 5.56 Å². The maximum absolute atomic E-state index is 4.36. The molecular formula is C14H26N6S. The highest BCUT2D eigenvalue weighted by Crippen LogP contribution is 2.08. The first kappa shape index (κ1) is 16.2. The predicted molar refractivity (Wildman–Crippen MR) is 89.8 cm³/mol. The lowest BCUT2D eigenvalue weighted by Gasteiger charge is -2.27. The van der Waals surface area contributed by atoms with Gasteiger partial charge in [-0.05, 0) is 0 Å². The van der Waals surface area contributed by atoms with E-state index in [0.717, 1.165) is 25.6 Å². The van der Waals surface area contributed by atoms with Gasteiger partial charge in [0.05, 0.1) is 6.20 Å². The van der Waals surface area contributed by atoms with Gasteiger partial charge in [-0.2, -0.15) is 16.9 Å². The van der Waals surface area contributed by atoms with Gasteiger partial charge in [0.1, 0.15) is 0 Å². The molecule has 0 aliphatic carbocycles. The van der Waals surface area contributed by atoms with E-state index in [2.05, 4.69) is 32.3 Å². The Kier molecular flexibility index (Phi) is 6.38. The maximum atomic E-state index is 4.36. The number of aliphatic imine (C=N–C) groups is 1. The molecule has 0 saturated carbocycles. The van der Waals surface area contributed by atoms with Crippen LogP contribution in [0.15, 0.2) is 17.4 Å². The van der Waals surface area contributed by atoms with E-state index >= 15 is 0 Å². The highest BCUT2D eigenvalue weighted by atomic mass is 32.2. The maximum Gasteiger partial charge on any atom is 0.193 e. The lowest BCUT2D eigenvalue weighted by molar-refractivity contribution is 0.305. The summed E-state index contributed by atoms with van der Waals surface area (Å²) in [6.45, 7) is 5.25. The summed E-state index contributed by atoms with van der Waals surface area (Å²) in [6.07, 6.45) is 3.93. The number of guanidine groups is 1. The molecule has 2 rings (SSSR count). The van der Waals surface area contributed by atoms with Gasteiger partial charge in [-0.1, -0.05) is 0 Å². The molecule has 1 aliphatic heterocycles. The van der Waals surface area contributed by atoms with Gasteiger partial charge in [0.2, 0.25) is 0 Å². The van der Waals surface area contributed by atoms with Crippen molar-refractivity contribution in [3.8, 4) is 0 Å². The first-order valence-electron chi connectivity index (χ1n) is 7.38. The lowest BCUT2D eigenvalue weighted by Crippen LogP contribution is -2.43. The minimum absolute atomic E-state index is 0.813. The van der Waals surface area contributed by atoms with Crippen molar-refractivity contribution in [3.63, 3.8) is 0 Å². The van der Waals surface area contributed by atoms with E-state index in [0.29, 0.717) is 0 Å². The largest absolute Gasteiger partial charge is 0.355 e. The highest BCUT2D eigenvalue weighted by molar-refractivity contribution is 7.99. The van der Waals surface area contributed by atoms with Crippen molar-refractivity contribution >= 4 is 17.7 Å². The summed E-state index contributed by atoms with van der Waals surface area (Å²) in [5.74, 6) is 3.45. The van der Waals surface area contributed by atoms with E-state index in [1.807, 2.05) is 42.9 Å². The number of hydrogen-bond acceptors (Lipinski definition) is 4. The standard InChI is InChI=1S/C14H26N6S/c1-15-14(16-4-5-20-6-8-21-9-7-20)18(2)11-13-10-17-19(3)12-13/h10,12H,4-9,11H2,1-3H3,(H,15,16). The normalized spacial score (nSPS) is 17.0. The zero-order chi connectivity index (χ0) is 15.1. The summed E-state index contributed by atoms with van der Waals surface area (Å²) in [4.78, 5) is 9.00. The van der Waals surface area contributed by atoms with Crippen LogP contribution >= 0.6 is 11.8 Å². The quantitative estimate of drug-likeness (QED) is 0.633. The molecule has 0 radical (unpaired) electrons. The number of nitrogens with zero attached hydrogens (tertiary/aromatic N) is 5. The summed E-state index contributed by atoms with van der Waals surface area (Å²) in [5.41, 5.74) is 1.19. The van der Waals surface area contributed by atoms with Gasteiger partial charge < -0.3 is 10.2 Å². The van der Waals surface area contributed by atoms with Crippen LogP contribution in [0.4, 0.5) is 0 Å². The minimum atomic E-state index is 0.813. The van der Waals surface area contributed by atoms with Crippen LogP contribution in [0.2, 0.25) is 0 Å². The molecule has 2 heterocycles. The molecule has 6 nitrogen and oxygen atoms in total. The van der Waals surface area contributed by atoms with Crippen LogP contribution < -0.4 is 5.32 Å². The predicted octanol–water partition coefficient (Wildman–Crippen LogP) is 0.476. The van der Waals surface area contributed by atoms with E-state index in [4.69, 9.17) is 0 Å². The fourth-order valence-electron chi connectivity index (χ4n) is 2.44. The molecule has 0 unspecified atom stereocenters. The summed E-state index contributed by atoms with van der Waals surface area (Å²) in [7, 11) is 5.83. The number of hydrogen-bond donors (Lipinski definition) is 1. The third kappa shape index (κ3) is 5.24. The van der Waals surface area contributed by atoms with Crippen LogP contribution in [0.3, 0.4) is 0 Å². The van der Waals surface area contributed by atoms with E-state index in [-0.39, 0.29) is 0 Å². The molecule has 1 aromatic heterocycles. The Morgan fingerprint density at radius 3 is 2.86 bits per heavy atom. The Balaban J connectivity index is 1.74. The Hall–Kier alpha value is -1.21. The number of rotatable bonds is 5. The van der Waals surface area contributed by atoms with Crippen LogP contribution in [0.25, 0.3) is 0 Å². The summed E-state index contributed by atoms with van der Waals surface area (Å²) >= 11 is 2.05. The molecule has 118 valence electrons. The Labute approximate surface area is 131 Å². The molecule has 7 heteroatoms. The minimum Gasteiger partial charge on any atom is -0.355 e.